The molecule has 21 heavy (non-hydrogen) atoms. The van der Waals surface area contributed by atoms with Gasteiger partial charge in [-0.15, -0.1) is 11.3 Å². The monoisotopic (exact) mass is 304 g/mol. The highest BCUT2D eigenvalue weighted by Crippen LogP contribution is 2.46. The van der Waals surface area contributed by atoms with E-state index >= 15 is 0 Å². The van der Waals surface area contributed by atoms with Crippen LogP contribution in [0.4, 0.5) is 0 Å². The molecule has 3 heteroatoms. The summed E-state index contributed by atoms with van der Waals surface area (Å²) in [5, 5.41) is 5.46. The molecule has 2 saturated carbocycles. The van der Waals surface area contributed by atoms with Crippen molar-refractivity contribution in [3.05, 3.63) is 15.6 Å². The van der Waals surface area contributed by atoms with Gasteiger partial charge in [0, 0.05) is 10.9 Å². The quantitative estimate of drug-likeness (QED) is 0.894. The Hall–Kier alpha value is -0.410. The van der Waals surface area contributed by atoms with E-state index in [1.807, 2.05) is 11.3 Å². The number of rotatable bonds is 3. The molecular weight excluding hydrogens is 276 g/mol. The molecule has 4 rings (SSSR count). The molecule has 3 atom stereocenters. The minimum absolute atomic E-state index is 0.203. The third kappa shape index (κ3) is 2.68. The standard InChI is InChI=1S/C18H28N2S/c1-12-9-10-18(11-13(12)2,20-14-7-8-14)17-19-15-5-3-4-6-16(15)21-17/h12-14,20H,3-11H2,1-2H3. The van der Waals surface area contributed by atoms with Crippen LogP contribution in [0.1, 0.15) is 74.4 Å². The summed E-state index contributed by atoms with van der Waals surface area (Å²) in [5.74, 6) is 1.68. The molecule has 0 amide bonds. The lowest BCUT2D eigenvalue weighted by molar-refractivity contribution is 0.138. The van der Waals surface area contributed by atoms with Gasteiger partial charge < -0.3 is 5.32 Å². The summed E-state index contributed by atoms with van der Waals surface area (Å²) in [7, 11) is 0. The van der Waals surface area contributed by atoms with Gasteiger partial charge in [0.25, 0.3) is 0 Å². The van der Waals surface area contributed by atoms with E-state index in [9.17, 15) is 0 Å². The molecule has 0 saturated heterocycles. The molecule has 3 aliphatic carbocycles. The van der Waals surface area contributed by atoms with E-state index in [0.717, 1.165) is 17.9 Å². The highest BCUT2D eigenvalue weighted by Gasteiger charge is 2.44. The first-order chi connectivity index (χ1) is 10.2. The van der Waals surface area contributed by atoms with Gasteiger partial charge in [0.05, 0.1) is 11.2 Å². The number of nitrogens with zero attached hydrogens (tertiary/aromatic N) is 1. The van der Waals surface area contributed by atoms with Crippen LogP contribution in [0.25, 0.3) is 0 Å². The Kier molecular flexibility index (Phi) is 3.61. The lowest BCUT2D eigenvalue weighted by Crippen LogP contribution is -2.48. The molecule has 0 aliphatic heterocycles. The van der Waals surface area contributed by atoms with E-state index in [2.05, 4.69) is 19.2 Å². The van der Waals surface area contributed by atoms with Crippen LogP contribution < -0.4 is 5.32 Å². The van der Waals surface area contributed by atoms with Gasteiger partial charge in [-0.1, -0.05) is 13.8 Å². The first-order valence-electron chi connectivity index (χ1n) is 8.93. The number of hydrogen-bond acceptors (Lipinski definition) is 3. The van der Waals surface area contributed by atoms with Crippen LogP contribution in [-0.4, -0.2) is 11.0 Å². The molecule has 1 aromatic rings. The molecule has 1 heterocycles. The van der Waals surface area contributed by atoms with Crippen LogP contribution in [0.3, 0.4) is 0 Å². The van der Waals surface area contributed by atoms with Gasteiger partial charge in [-0.3, -0.25) is 0 Å². The summed E-state index contributed by atoms with van der Waals surface area (Å²) in [6.07, 6.45) is 11.9. The predicted octanol–water partition coefficient (Wildman–Crippen LogP) is 4.43. The first kappa shape index (κ1) is 14.2. The molecule has 1 N–H and O–H groups in total. The SMILES string of the molecule is CC1CCC(NC2CC2)(c2nc3c(s2)CCCC3)CC1C. The second-order valence-electron chi connectivity index (χ2n) is 7.79. The fourth-order valence-electron chi connectivity index (χ4n) is 4.17. The van der Waals surface area contributed by atoms with Crippen molar-refractivity contribution in [2.45, 2.75) is 83.2 Å². The van der Waals surface area contributed by atoms with Crippen molar-refractivity contribution in [3.63, 3.8) is 0 Å². The largest absolute Gasteiger partial charge is 0.303 e. The summed E-state index contributed by atoms with van der Waals surface area (Å²) in [5.41, 5.74) is 1.64. The van der Waals surface area contributed by atoms with Crippen molar-refractivity contribution in [2.75, 3.05) is 0 Å². The van der Waals surface area contributed by atoms with Gasteiger partial charge in [-0.05, 0) is 69.6 Å². The molecule has 3 aliphatic rings. The van der Waals surface area contributed by atoms with Crippen molar-refractivity contribution in [3.8, 4) is 0 Å². The van der Waals surface area contributed by atoms with Gasteiger partial charge >= 0.3 is 0 Å². The zero-order chi connectivity index (χ0) is 14.4. The molecule has 0 bridgehead atoms. The summed E-state index contributed by atoms with van der Waals surface area (Å²) >= 11 is 2.04. The Bertz CT molecular complexity index is 496. The van der Waals surface area contributed by atoms with E-state index in [-0.39, 0.29) is 5.54 Å². The predicted molar refractivity (Wildman–Crippen MR) is 88.8 cm³/mol. The van der Waals surface area contributed by atoms with Crippen LogP contribution in [0.2, 0.25) is 0 Å². The summed E-state index contributed by atoms with van der Waals surface area (Å²) in [4.78, 5) is 6.74. The minimum Gasteiger partial charge on any atom is -0.303 e. The topological polar surface area (TPSA) is 24.9 Å². The molecule has 2 nitrogen and oxygen atoms in total. The lowest BCUT2D eigenvalue weighted by atomic mass is 9.71. The van der Waals surface area contributed by atoms with Crippen LogP contribution in [0.5, 0.6) is 0 Å². The van der Waals surface area contributed by atoms with Gasteiger partial charge in [-0.25, -0.2) is 4.98 Å². The Morgan fingerprint density at radius 3 is 2.62 bits per heavy atom. The fraction of sp³-hybridized carbons (Fsp3) is 0.833. The maximum Gasteiger partial charge on any atom is 0.113 e. The van der Waals surface area contributed by atoms with Gasteiger partial charge in [0.15, 0.2) is 0 Å². The molecule has 0 radical (unpaired) electrons. The average molecular weight is 305 g/mol. The lowest BCUT2D eigenvalue weighted by Gasteiger charge is -2.42. The van der Waals surface area contributed by atoms with Crippen molar-refractivity contribution in [1.29, 1.82) is 0 Å². The summed E-state index contributed by atoms with van der Waals surface area (Å²) < 4.78 is 0. The zero-order valence-corrected chi connectivity index (χ0v) is 14.3. The second-order valence-corrected chi connectivity index (χ2v) is 8.88. The second kappa shape index (κ2) is 5.34. The molecule has 0 spiro atoms. The average Bonchev–Trinajstić information content (AvgIpc) is 3.17. The van der Waals surface area contributed by atoms with Gasteiger partial charge in [0.2, 0.25) is 0 Å². The van der Waals surface area contributed by atoms with Crippen molar-refractivity contribution >= 4 is 11.3 Å². The summed E-state index contributed by atoms with van der Waals surface area (Å²) in [6.45, 7) is 4.87. The Morgan fingerprint density at radius 1 is 1.10 bits per heavy atom. The normalized spacial score (nSPS) is 36.5. The number of hydrogen-bond donors (Lipinski definition) is 1. The maximum absolute atomic E-state index is 5.14. The highest BCUT2D eigenvalue weighted by molar-refractivity contribution is 7.11. The van der Waals surface area contributed by atoms with Crippen LogP contribution in [0, 0.1) is 11.8 Å². The number of aryl methyl sites for hydroxylation is 2. The van der Waals surface area contributed by atoms with E-state index in [0.29, 0.717) is 0 Å². The Morgan fingerprint density at radius 2 is 1.90 bits per heavy atom. The number of thiazole rings is 1. The fourth-order valence-corrected chi connectivity index (χ4v) is 5.51. The maximum atomic E-state index is 5.14. The van der Waals surface area contributed by atoms with E-state index in [1.54, 1.807) is 4.88 Å². The van der Waals surface area contributed by atoms with Crippen LogP contribution >= 0.6 is 11.3 Å². The molecule has 3 unspecified atom stereocenters. The Labute approximate surface area is 132 Å². The van der Waals surface area contributed by atoms with E-state index in [1.165, 1.54) is 68.5 Å². The highest BCUT2D eigenvalue weighted by atomic mass is 32.1. The first-order valence-corrected chi connectivity index (χ1v) is 9.75. The Balaban J connectivity index is 1.66. The van der Waals surface area contributed by atoms with Crippen LogP contribution in [0.15, 0.2) is 0 Å². The third-order valence-corrected chi connectivity index (χ3v) is 7.34. The zero-order valence-electron chi connectivity index (χ0n) is 13.5. The molecule has 116 valence electrons. The molecule has 0 aromatic carbocycles. The smallest absolute Gasteiger partial charge is 0.113 e. The molecule has 2 fully saturated rings. The molecular formula is C18H28N2S. The van der Waals surface area contributed by atoms with Crippen molar-refractivity contribution in [2.24, 2.45) is 11.8 Å². The minimum atomic E-state index is 0.203. The van der Waals surface area contributed by atoms with Gasteiger partial charge in [0.1, 0.15) is 5.01 Å². The number of aromatic nitrogens is 1. The number of fused-ring (bicyclic) bond motifs is 1. The van der Waals surface area contributed by atoms with Gasteiger partial charge in [-0.2, -0.15) is 0 Å². The van der Waals surface area contributed by atoms with E-state index < -0.39 is 0 Å². The summed E-state index contributed by atoms with van der Waals surface area (Å²) in [6, 6.07) is 0.770. The number of nitrogens with one attached hydrogen (secondary N) is 1. The third-order valence-electron chi connectivity index (χ3n) is 5.98. The van der Waals surface area contributed by atoms with Crippen LogP contribution in [-0.2, 0) is 18.4 Å². The molecule has 1 aromatic heterocycles. The van der Waals surface area contributed by atoms with E-state index in [4.69, 9.17) is 4.98 Å². The van der Waals surface area contributed by atoms with Crippen molar-refractivity contribution < 1.29 is 0 Å². The van der Waals surface area contributed by atoms with Crippen molar-refractivity contribution in [1.82, 2.24) is 10.3 Å².